The van der Waals surface area contributed by atoms with E-state index in [1.165, 1.54) is 69.8 Å². The molecular weight excluding hydrogens is 411 g/mol. The van der Waals surface area contributed by atoms with Gasteiger partial charge in [0, 0.05) is 5.56 Å². The highest BCUT2D eigenvalue weighted by molar-refractivity contribution is 5.55. The number of unbranched alkanes of at least 4 members (excludes halogenated alkanes) is 7. The molecule has 0 aliphatic rings. The minimum atomic E-state index is -0.947. The van der Waals surface area contributed by atoms with Crippen molar-refractivity contribution in [2.24, 2.45) is 5.92 Å². The third-order valence-electron chi connectivity index (χ3n) is 6.36. The first-order chi connectivity index (χ1) is 16.1. The fraction of sp³-hybridized carbons (Fsp3) is 0.655. The Morgan fingerprint density at radius 2 is 1.42 bits per heavy atom. The van der Waals surface area contributed by atoms with E-state index in [1.54, 1.807) is 12.4 Å². The molecule has 0 radical (unpaired) electrons. The normalized spacial score (nSPS) is 13.1. The molecule has 3 nitrogen and oxygen atoms in total. The Kier molecular flexibility index (Phi) is 13.7. The molecule has 184 valence electrons. The number of alkyl halides is 1. The zero-order valence-electron chi connectivity index (χ0n) is 21.2. The van der Waals surface area contributed by atoms with Crippen LogP contribution in [0.4, 0.5) is 4.39 Å². The van der Waals surface area contributed by atoms with Crippen LogP contribution in [0.5, 0.6) is 5.75 Å². The van der Waals surface area contributed by atoms with Crippen molar-refractivity contribution in [2.75, 3.05) is 6.61 Å². The molecule has 2 aromatic rings. The molecule has 0 spiro atoms. The van der Waals surface area contributed by atoms with Crippen LogP contribution in [-0.4, -0.2) is 22.7 Å². The molecule has 0 N–H and O–H groups in total. The molecule has 1 aromatic carbocycles. The van der Waals surface area contributed by atoms with Gasteiger partial charge in [0.25, 0.3) is 0 Å². The van der Waals surface area contributed by atoms with E-state index in [4.69, 9.17) is 4.74 Å². The molecule has 0 aliphatic carbocycles. The van der Waals surface area contributed by atoms with Gasteiger partial charge in [-0.2, -0.15) is 0 Å². The molecular formula is C29H45FN2O. The fourth-order valence-electron chi connectivity index (χ4n) is 4.09. The first-order valence-corrected chi connectivity index (χ1v) is 13.3. The monoisotopic (exact) mass is 456 g/mol. The summed E-state index contributed by atoms with van der Waals surface area (Å²) < 4.78 is 19.8. The van der Waals surface area contributed by atoms with E-state index >= 15 is 0 Å². The molecule has 33 heavy (non-hydrogen) atoms. The van der Waals surface area contributed by atoms with Crippen molar-refractivity contribution in [3.8, 4) is 17.1 Å². The molecule has 0 saturated carbocycles. The molecule has 0 bridgehead atoms. The molecule has 1 heterocycles. The van der Waals surface area contributed by atoms with Crippen LogP contribution in [0.15, 0.2) is 36.7 Å². The summed E-state index contributed by atoms with van der Waals surface area (Å²) in [5, 5.41) is 0. The average Bonchev–Trinajstić information content (AvgIpc) is 2.84. The third kappa shape index (κ3) is 11.6. The molecule has 0 saturated heterocycles. The van der Waals surface area contributed by atoms with Gasteiger partial charge < -0.3 is 4.74 Å². The van der Waals surface area contributed by atoms with Gasteiger partial charge in [0.15, 0.2) is 11.6 Å². The number of benzene rings is 1. The summed E-state index contributed by atoms with van der Waals surface area (Å²) in [5.74, 6) is 1.78. The van der Waals surface area contributed by atoms with Crippen LogP contribution in [0.3, 0.4) is 0 Å². The van der Waals surface area contributed by atoms with Crippen LogP contribution >= 0.6 is 0 Å². The van der Waals surface area contributed by atoms with E-state index in [0.717, 1.165) is 18.4 Å². The van der Waals surface area contributed by atoms with Crippen LogP contribution in [0, 0.1) is 5.92 Å². The number of halogens is 1. The molecule has 0 fully saturated rings. The highest BCUT2D eigenvalue weighted by Gasteiger charge is 2.11. The smallest absolute Gasteiger partial charge is 0.159 e. The lowest BCUT2D eigenvalue weighted by molar-refractivity contribution is 0.177. The minimum Gasteiger partial charge on any atom is -0.487 e. The summed E-state index contributed by atoms with van der Waals surface area (Å²) in [6.07, 6.45) is 17.8. The predicted octanol–water partition coefficient (Wildman–Crippen LogP) is 8.76. The largest absolute Gasteiger partial charge is 0.487 e. The Balaban J connectivity index is 1.69. The first-order valence-electron chi connectivity index (χ1n) is 13.3. The van der Waals surface area contributed by atoms with Crippen LogP contribution in [0.2, 0.25) is 0 Å². The Morgan fingerprint density at radius 1 is 0.788 bits per heavy atom. The van der Waals surface area contributed by atoms with Crippen LogP contribution < -0.4 is 4.74 Å². The molecule has 1 aromatic heterocycles. The summed E-state index contributed by atoms with van der Waals surface area (Å²) >= 11 is 0. The summed E-state index contributed by atoms with van der Waals surface area (Å²) in [5.41, 5.74) is 2.36. The topological polar surface area (TPSA) is 35.0 Å². The molecule has 0 aliphatic heterocycles. The van der Waals surface area contributed by atoms with E-state index in [1.807, 2.05) is 0 Å². The number of aromatic nitrogens is 2. The lowest BCUT2D eigenvalue weighted by Gasteiger charge is -2.14. The van der Waals surface area contributed by atoms with Crippen molar-refractivity contribution < 1.29 is 9.13 Å². The highest BCUT2D eigenvalue weighted by atomic mass is 19.1. The number of nitrogens with zero attached hydrogens (tertiary/aromatic N) is 2. The molecule has 2 atom stereocenters. The molecule has 2 unspecified atom stereocenters. The third-order valence-corrected chi connectivity index (χ3v) is 6.36. The molecule has 0 amide bonds. The van der Waals surface area contributed by atoms with Gasteiger partial charge in [-0.05, 0) is 37.2 Å². The number of ether oxygens (including phenoxy) is 1. The summed E-state index contributed by atoms with van der Waals surface area (Å²) in [6, 6.07) is 8.52. The van der Waals surface area contributed by atoms with Crippen molar-refractivity contribution in [2.45, 2.75) is 110 Å². The Morgan fingerprint density at radius 3 is 2.12 bits per heavy atom. The van der Waals surface area contributed by atoms with Gasteiger partial charge in [0.2, 0.25) is 0 Å². The summed E-state index contributed by atoms with van der Waals surface area (Å²) in [6.45, 7) is 6.75. The van der Waals surface area contributed by atoms with E-state index in [2.05, 4.69) is 55.0 Å². The fourth-order valence-corrected chi connectivity index (χ4v) is 4.09. The van der Waals surface area contributed by atoms with Crippen molar-refractivity contribution >= 4 is 0 Å². The van der Waals surface area contributed by atoms with Gasteiger partial charge >= 0.3 is 0 Å². The highest BCUT2D eigenvalue weighted by Crippen LogP contribution is 2.20. The lowest BCUT2D eigenvalue weighted by atomic mass is 9.97. The maximum atomic E-state index is 14.2. The molecule has 2 rings (SSSR count). The van der Waals surface area contributed by atoms with E-state index in [0.29, 0.717) is 23.9 Å². The quantitative estimate of drug-likeness (QED) is 0.210. The Labute approximate surface area is 201 Å². The van der Waals surface area contributed by atoms with Gasteiger partial charge in [0.1, 0.15) is 12.8 Å². The SMILES string of the molecule is CCCCCCCCc1ccc(-c2ncc(OCC(F)CCC(C)CCCCC)cn2)cc1. The number of rotatable bonds is 18. The zero-order chi connectivity index (χ0) is 23.7. The van der Waals surface area contributed by atoms with Gasteiger partial charge in [-0.25, -0.2) is 14.4 Å². The predicted molar refractivity (Wildman–Crippen MR) is 137 cm³/mol. The van der Waals surface area contributed by atoms with Crippen molar-refractivity contribution in [1.82, 2.24) is 9.97 Å². The first kappa shape index (κ1) is 27.3. The zero-order valence-corrected chi connectivity index (χ0v) is 21.2. The van der Waals surface area contributed by atoms with E-state index < -0.39 is 6.17 Å². The average molecular weight is 457 g/mol. The maximum Gasteiger partial charge on any atom is 0.159 e. The Hall–Kier alpha value is -1.97. The second-order valence-electron chi connectivity index (χ2n) is 9.54. The standard InChI is InChI=1S/C29H45FN2O/c1-4-6-8-9-10-12-14-25-16-18-26(19-17-25)29-31-21-28(22-32-29)33-23-27(30)20-15-24(3)13-11-7-5-2/h16-19,21-22,24,27H,4-15,20,23H2,1-3H3. The summed E-state index contributed by atoms with van der Waals surface area (Å²) in [4.78, 5) is 8.84. The van der Waals surface area contributed by atoms with E-state index in [9.17, 15) is 4.39 Å². The van der Waals surface area contributed by atoms with Gasteiger partial charge in [-0.3, -0.25) is 0 Å². The van der Waals surface area contributed by atoms with Crippen molar-refractivity contribution in [3.05, 3.63) is 42.2 Å². The second kappa shape index (κ2) is 16.6. The minimum absolute atomic E-state index is 0.0670. The number of aryl methyl sites for hydroxylation is 1. The van der Waals surface area contributed by atoms with Crippen LogP contribution in [0.1, 0.15) is 103 Å². The van der Waals surface area contributed by atoms with Crippen molar-refractivity contribution in [3.63, 3.8) is 0 Å². The van der Waals surface area contributed by atoms with Gasteiger partial charge in [-0.15, -0.1) is 0 Å². The molecule has 4 heteroatoms. The number of hydrogen-bond acceptors (Lipinski definition) is 3. The van der Waals surface area contributed by atoms with Crippen molar-refractivity contribution in [1.29, 1.82) is 0 Å². The van der Waals surface area contributed by atoms with Gasteiger partial charge in [0.05, 0.1) is 12.4 Å². The van der Waals surface area contributed by atoms with Crippen LogP contribution in [-0.2, 0) is 6.42 Å². The second-order valence-corrected chi connectivity index (χ2v) is 9.54. The van der Waals surface area contributed by atoms with E-state index in [-0.39, 0.29) is 6.61 Å². The number of hydrogen-bond donors (Lipinski definition) is 0. The van der Waals surface area contributed by atoms with Gasteiger partial charge in [-0.1, -0.05) is 103 Å². The van der Waals surface area contributed by atoms with Crippen LogP contribution in [0.25, 0.3) is 11.4 Å². The summed E-state index contributed by atoms with van der Waals surface area (Å²) in [7, 11) is 0. The lowest BCUT2D eigenvalue weighted by Crippen LogP contribution is -2.14. The maximum absolute atomic E-state index is 14.2. The Bertz CT molecular complexity index is 732.